The molecule has 2 aromatic rings. The van der Waals surface area contributed by atoms with Crippen molar-refractivity contribution in [2.45, 2.75) is 37.8 Å². The lowest BCUT2D eigenvalue weighted by atomic mass is 10.1. The van der Waals surface area contributed by atoms with Gasteiger partial charge in [0.25, 0.3) is 0 Å². The van der Waals surface area contributed by atoms with Crippen LogP contribution in [-0.4, -0.2) is 28.4 Å². The number of nitrogens with zero attached hydrogens (tertiary/aromatic N) is 2. The molecule has 4 rings (SSSR count). The summed E-state index contributed by atoms with van der Waals surface area (Å²) in [6.07, 6.45) is 6.94. The standard InChI is InChI=1S/C18H20BrN3O2/c19-17-6-2-1-5-14(17)15-8-16(15)18(23)21-12-9-20-22(10-12)11-13-4-3-7-24-13/h1-2,5-6,9-10,13,15-16H,3-4,7-8,11H2,(H,21,23). The molecule has 1 aromatic carbocycles. The van der Waals surface area contributed by atoms with E-state index >= 15 is 0 Å². The van der Waals surface area contributed by atoms with E-state index in [1.54, 1.807) is 6.20 Å². The number of rotatable bonds is 5. The summed E-state index contributed by atoms with van der Waals surface area (Å²) in [4.78, 5) is 12.4. The van der Waals surface area contributed by atoms with Crippen LogP contribution in [-0.2, 0) is 16.1 Å². The molecule has 3 atom stereocenters. The van der Waals surface area contributed by atoms with Gasteiger partial charge in [-0.2, -0.15) is 5.10 Å². The van der Waals surface area contributed by atoms with Gasteiger partial charge in [-0.25, -0.2) is 0 Å². The number of hydrogen-bond donors (Lipinski definition) is 1. The molecule has 6 heteroatoms. The smallest absolute Gasteiger partial charge is 0.228 e. The third kappa shape index (κ3) is 3.39. The summed E-state index contributed by atoms with van der Waals surface area (Å²) < 4.78 is 8.55. The molecule has 1 aromatic heterocycles. The number of benzene rings is 1. The van der Waals surface area contributed by atoms with Crippen molar-refractivity contribution in [3.8, 4) is 0 Å². The Bertz CT molecular complexity index is 739. The Morgan fingerprint density at radius 2 is 2.29 bits per heavy atom. The largest absolute Gasteiger partial charge is 0.376 e. The molecule has 5 nitrogen and oxygen atoms in total. The average Bonchev–Trinajstić information content (AvgIpc) is 2.97. The first-order valence-electron chi connectivity index (χ1n) is 8.40. The zero-order chi connectivity index (χ0) is 16.5. The molecule has 1 aliphatic heterocycles. The lowest BCUT2D eigenvalue weighted by molar-refractivity contribution is -0.117. The first-order chi connectivity index (χ1) is 11.7. The molecular formula is C18H20BrN3O2. The molecule has 1 aliphatic carbocycles. The van der Waals surface area contributed by atoms with E-state index in [1.807, 2.05) is 29.1 Å². The van der Waals surface area contributed by atoms with E-state index in [0.29, 0.717) is 5.92 Å². The molecule has 24 heavy (non-hydrogen) atoms. The second-order valence-electron chi connectivity index (χ2n) is 6.55. The van der Waals surface area contributed by atoms with Crippen LogP contribution in [0.3, 0.4) is 0 Å². The fourth-order valence-corrected chi connectivity index (χ4v) is 3.94. The van der Waals surface area contributed by atoms with Crippen LogP contribution in [0.4, 0.5) is 5.69 Å². The highest BCUT2D eigenvalue weighted by Gasteiger charge is 2.44. The van der Waals surface area contributed by atoms with Gasteiger partial charge in [0.05, 0.1) is 24.5 Å². The van der Waals surface area contributed by atoms with E-state index in [2.05, 4.69) is 32.4 Å². The van der Waals surface area contributed by atoms with Crippen LogP contribution in [0, 0.1) is 5.92 Å². The van der Waals surface area contributed by atoms with Crippen molar-refractivity contribution in [3.63, 3.8) is 0 Å². The van der Waals surface area contributed by atoms with E-state index in [4.69, 9.17) is 4.74 Å². The lowest BCUT2D eigenvalue weighted by Crippen LogP contribution is -2.16. The minimum Gasteiger partial charge on any atom is -0.376 e. The Labute approximate surface area is 149 Å². The topological polar surface area (TPSA) is 56.2 Å². The van der Waals surface area contributed by atoms with Gasteiger partial charge in [-0.15, -0.1) is 0 Å². The Hall–Kier alpha value is -1.66. The molecule has 126 valence electrons. The van der Waals surface area contributed by atoms with E-state index in [0.717, 1.165) is 42.6 Å². The molecule has 1 N–H and O–H groups in total. The van der Waals surface area contributed by atoms with Crippen molar-refractivity contribution >= 4 is 27.5 Å². The highest BCUT2D eigenvalue weighted by molar-refractivity contribution is 9.10. The molecule has 2 aliphatic rings. The fourth-order valence-electron chi connectivity index (χ4n) is 3.36. The van der Waals surface area contributed by atoms with Crippen LogP contribution in [0.25, 0.3) is 0 Å². The van der Waals surface area contributed by atoms with Gasteiger partial charge < -0.3 is 10.1 Å². The Morgan fingerprint density at radius 1 is 1.42 bits per heavy atom. The summed E-state index contributed by atoms with van der Waals surface area (Å²) in [5, 5.41) is 7.31. The SMILES string of the molecule is O=C(Nc1cnn(CC2CCCO2)c1)C1CC1c1ccccc1Br. The second-order valence-corrected chi connectivity index (χ2v) is 7.40. The second kappa shape index (κ2) is 6.69. The number of anilines is 1. The zero-order valence-corrected chi connectivity index (χ0v) is 14.9. The number of carbonyl (C=O) groups excluding carboxylic acids is 1. The number of aromatic nitrogens is 2. The van der Waals surface area contributed by atoms with Crippen LogP contribution < -0.4 is 5.32 Å². The van der Waals surface area contributed by atoms with Crippen LogP contribution in [0.15, 0.2) is 41.1 Å². The number of nitrogens with one attached hydrogen (secondary N) is 1. The Morgan fingerprint density at radius 3 is 3.08 bits per heavy atom. The first kappa shape index (κ1) is 15.8. The van der Waals surface area contributed by atoms with Gasteiger partial charge in [-0.1, -0.05) is 34.1 Å². The van der Waals surface area contributed by atoms with Gasteiger partial charge in [0, 0.05) is 23.2 Å². The fraction of sp³-hybridized carbons (Fsp3) is 0.444. The zero-order valence-electron chi connectivity index (χ0n) is 13.3. The van der Waals surface area contributed by atoms with Gasteiger partial charge in [-0.3, -0.25) is 9.48 Å². The predicted molar refractivity (Wildman–Crippen MR) is 94.8 cm³/mol. The van der Waals surface area contributed by atoms with Gasteiger partial charge in [0.15, 0.2) is 0 Å². The van der Waals surface area contributed by atoms with Crippen molar-refractivity contribution in [3.05, 3.63) is 46.7 Å². The maximum Gasteiger partial charge on any atom is 0.228 e. The molecule has 1 saturated heterocycles. The molecule has 2 fully saturated rings. The molecule has 3 unspecified atom stereocenters. The number of carbonyl (C=O) groups is 1. The van der Waals surface area contributed by atoms with Crippen molar-refractivity contribution in [2.75, 3.05) is 11.9 Å². The molecule has 0 radical (unpaired) electrons. The minimum atomic E-state index is 0.0465. The third-order valence-electron chi connectivity index (χ3n) is 4.75. The number of halogens is 1. The third-order valence-corrected chi connectivity index (χ3v) is 5.47. The summed E-state index contributed by atoms with van der Waals surface area (Å²) >= 11 is 3.57. The van der Waals surface area contributed by atoms with Gasteiger partial charge >= 0.3 is 0 Å². The molecule has 1 saturated carbocycles. The summed E-state index contributed by atoms with van der Waals surface area (Å²) in [6.45, 7) is 1.59. The maximum atomic E-state index is 12.4. The number of amides is 1. The number of ether oxygens (including phenoxy) is 1. The van der Waals surface area contributed by atoms with Crippen molar-refractivity contribution < 1.29 is 9.53 Å². The van der Waals surface area contributed by atoms with Crippen LogP contribution in [0.5, 0.6) is 0 Å². The monoisotopic (exact) mass is 389 g/mol. The molecule has 0 spiro atoms. The minimum absolute atomic E-state index is 0.0465. The highest BCUT2D eigenvalue weighted by Crippen LogP contribution is 2.50. The van der Waals surface area contributed by atoms with Crippen LogP contribution in [0.1, 0.15) is 30.7 Å². The predicted octanol–water partition coefficient (Wildman–Crippen LogP) is 3.57. The van der Waals surface area contributed by atoms with Crippen molar-refractivity contribution in [1.29, 1.82) is 0 Å². The summed E-state index contributed by atoms with van der Waals surface area (Å²) in [5.41, 5.74) is 1.97. The van der Waals surface area contributed by atoms with E-state index in [1.165, 1.54) is 5.56 Å². The van der Waals surface area contributed by atoms with Crippen molar-refractivity contribution in [1.82, 2.24) is 9.78 Å². The van der Waals surface area contributed by atoms with Crippen molar-refractivity contribution in [2.24, 2.45) is 5.92 Å². The molecular weight excluding hydrogens is 370 g/mol. The lowest BCUT2D eigenvalue weighted by Gasteiger charge is -2.08. The molecule has 2 heterocycles. The molecule has 0 bridgehead atoms. The van der Waals surface area contributed by atoms with Crippen LogP contribution in [0.2, 0.25) is 0 Å². The Balaban J connectivity index is 1.34. The summed E-state index contributed by atoms with van der Waals surface area (Å²) in [6, 6.07) is 8.12. The van der Waals surface area contributed by atoms with Gasteiger partial charge in [0.1, 0.15) is 0 Å². The van der Waals surface area contributed by atoms with Gasteiger partial charge in [-0.05, 0) is 36.8 Å². The van der Waals surface area contributed by atoms with E-state index < -0.39 is 0 Å². The average molecular weight is 390 g/mol. The first-order valence-corrected chi connectivity index (χ1v) is 9.19. The summed E-state index contributed by atoms with van der Waals surface area (Å²) in [5.74, 6) is 0.431. The van der Waals surface area contributed by atoms with E-state index in [9.17, 15) is 4.79 Å². The number of hydrogen-bond acceptors (Lipinski definition) is 3. The van der Waals surface area contributed by atoms with Gasteiger partial charge in [0.2, 0.25) is 5.91 Å². The normalized spacial score (nSPS) is 25.6. The molecule has 1 amide bonds. The maximum absolute atomic E-state index is 12.4. The van der Waals surface area contributed by atoms with E-state index in [-0.39, 0.29) is 17.9 Å². The highest BCUT2D eigenvalue weighted by atomic mass is 79.9. The Kier molecular flexibility index (Phi) is 4.41. The van der Waals surface area contributed by atoms with Crippen LogP contribution >= 0.6 is 15.9 Å². The quantitative estimate of drug-likeness (QED) is 0.850. The summed E-state index contributed by atoms with van der Waals surface area (Å²) in [7, 11) is 0.